The lowest BCUT2D eigenvalue weighted by Gasteiger charge is -2.16. The SMILES string of the molecule is Cc1ccc(C)c(C(O)Cn2ccn3nc(-c4cccc(Br)c4)cc3c2=O)c1. The van der Waals surface area contributed by atoms with Gasteiger partial charge in [0.15, 0.2) is 0 Å². The average Bonchev–Trinajstić information content (AvgIpc) is 3.11. The van der Waals surface area contributed by atoms with Crippen LogP contribution >= 0.6 is 15.9 Å². The molecule has 4 rings (SSSR count). The molecule has 4 aromatic rings. The molecule has 0 bridgehead atoms. The molecule has 0 radical (unpaired) electrons. The topological polar surface area (TPSA) is 59.5 Å². The number of rotatable bonds is 4. The zero-order chi connectivity index (χ0) is 19.8. The highest BCUT2D eigenvalue weighted by atomic mass is 79.9. The van der Waals surface area contributed by atoms with Crippen molar-refractivity contribution >= 4 is 21.4 Å². The van der Waals surface area contributed by atoms with Gasteiger partial charge in [0.1, 0.15) is 5.52 Å². The van der Waals surface area contributed by atoms with E-state index in [0.29, 0.717) is 5.52 Å². The van der Waals surface area contributed by atoms with Crippen LogP contribution in [-0.4, -0.2) is 19.3 Å². The van der Waals surface area contributed by atoms with Gasteiger partial charge in [0.05, 0.1) is 18.3 Å². The van der Waals surface area contributed by atoms with Gasteiger partial charge in [0, 0.05) is 22.4 Å². The summed E-state index contributed by atoms with van der Waals surface area (Å²) < 4.78 is 4.07. The van der Waals surface area contributed by atoms with Gasteiger partial charge < -0.3 is 9.67 Å². The molecule has 0 aliphatic heterocycles. The maximum Gasteiger partial charge on any atom is 0.276 e. The predicted molar refractivity (Wildman–Crippen MR) is 113 cm³/mol. The fraction of sp³-hybridized carbons (Fsp3) is 0.182. The van der Waals surface area contributed by atoms with Gasteiger partial charge >= 0.3 is 0 Å². The standard InChI is InChI=1S/C22H20BrN3O2/c1-14-6-7-15(2)18(10-14)21(27)13-25-8-9-26-20(22(25)28)12-19(24-26)16-4-3-5-17(23)11-16/h3-12,21,27H,13H2,1-2H3. The van der Waals surface area contributed by atoms with E-state index in [1.54, 1.807) is 23.0 Å². The van der Waals surface area contributed by atoms with Crippen molar-refractivity contribution in [1.29, 1.82) is 0 Å². The number of fused-ring (bicyclic) bond motifs is 1. The van der Waals surface area contributed by atoms with Crippen molar-refractivity contribution in [3.05, 3.63) is 92.4 Å². The highest BCUT2D eigenvalue weighted by molar-refractivity contribution is 9.10. The van der Waals surface area contributed by atoms with Gasteiger partial charge in [-0.3, -0.25) is 4.79 Å². The molecule has 2 aromatic carbocycles. The summed E-state index contributed by atoms with van der Waals surface area (Å²) >= 11 is 3.46. The fourth-order valence-electron chi connectivity index (χ4n) is 3.36. The third-order valence-corrected chi connectivity index (χ3v) is 5.38. The highest BCUT2D eigenvalue weighted by Gasteiger charge is 2.15. The van der Waals surface area contributed by atoms with Gasteiger partial charge in [-0.1, -0.05) is 51.8 Å². The number of aliphatic hydroxyl groups excluding tert-OH is 1. The lowest BCUT2D eigenvalue weighted by Crippen LogP contribution is -2.24. The smallest absolute Gasteiger partial charge is 0.276 e. The average molecular weight is 438 g/mol. The minimum atomic E-state index is -0.757. The van der Waals surface area contributed by atoms with E-state index in [4.69, 9.17) is 0 Å². The third kappa shape index (κ3) is 3.53. The van der Waals surface area contributed by atoms with Crippen molar-refractivity contribution in [2.45, 2.75) is 26.5 Å². The van der Waals surface area contributed by atoms with Crippen LogP contribution in [0, 0.1) is 13.8 Å². The summed E-state index contributed by atoms with van der Waals surface area (Å²) in [6, 6.07) is 15.5. The largest absolute Gasteiger partial charge is 0.387 e. The number of hydrogen-bond acceptors (Lipinski definition) is 3. The number of nitrogens with zero attached hydrogens (tertiary/aromatic N) is 3. The monoisotopic (exact) mass is 437 g/mol. The van der Waals surface area contributed by atoms with Crippen LogP contribution in [0.25, 0.3) is 16.8 Å². The van der Waals surface area contributed by atoms with E-state index < -0.39 is 6.10 Å². The Kier molecular flexibility index (Phi) is 4.91. The van der Waals surface area contributed by atoms with E-state index in [1.807, 2.05) is 56.3 Å². The van der Waals surface area contributed by atoms with Crippen LogP contribution in [0.3, 0.4) is 0 Å². The zero-order valence-electron chi connectivity index (χ0n) is 15.6. The summed E-state index contributed by atoms with van der Waals surface area (Å²) in [7, 11) is 0. The van der Waals surface area contributed by atoms with Crippen molar-refractivity contribution < 1.29 is 5.11 Å². The summed E-state index contributed by atoms with van der Waals surface area (Å²) in [5, 5.41) is 15.2. The first-order valence-electron chi connectivity index (χ1n) is 9.02. The third-order valence-electron chi connectivity index (χ3n) is 4.89. The quantitative estimate of drug-likeness (QED) is 0.518. The molecule has 142 valence electrons. The molecule has 0 saturated carbocycles. The number of hydrogen-bond donors (Lipinski definition) is 1. The van der Waals surface area contributed by atoms with Crippen molar-refractivity contribution in [3.63, 3.8) is 0 Å². The van der Waals surface area contributed by atoms with E-state index in [2.05, 4.69) is 21.0 Å². The van der Waals surface area contributed by atoms with Crippen LogP contribution in [0.4, 0.5) is 0 Å². The van der Waals surface area contributed by atoms with Crippen molar-refractivity contribution in [3.8, 4) is 11.3 Å². The molecule has 5 nitrogen and oxygen atoms in total. The van der Waals surface area contributed by atoms with Gasteiger partial charge in [0.2, 0.25) is 0 Å². The van der Waals surface area contributed by atoms with Gasteiger partial charge in [-0.2, -0.15) is 5.10 Å². The molecule has 1 unspecified atom stereocenters. The highest BCUT2D eigenvalue weighted by Crippen LogP contribution is 2.23. The first-order chi connectivity index (χ1) is 13.4. The lowest BCUT2D eigenvalue weighted by atomic mass is 10.0. The second kappa shape index (κ2) is 7.37. The minimum Gasteiger partial charge on any atom is -0.387 e. The molecule has 0 fully saturated rings. The molecule has 0 amide bonds. The molecule has 2 aromatic heterocycles. The molecule has 0 aliphatic rings. The zero-order valence-corrected chi connectivity index (χ0v) is 17.2. The second-order valence-electron chi connectivity index (χ2n) is 7.00. The summed E-state index contributed by atoms with van der Waals surface area (Å²) in [4.78, 5) is 12.9. The molecule has 6 heteroatoms. The summed E-state index contributed by atoms with van der Waals surface area (Å²) in [6.45, 7) is 4.14. The molecule has 28 heavy (non-hydrogen) atoms. The van der Waals surface area contributed by atoms with Gasteiger partial charge in [-0.05, 0) is 43.2 Å². The lowest BCUT2D eigenvalue weighted by molar-refractivity contribution is 0.154. The summed E-state index contributed by atoms with van der Waals surface area (Å²) in [5.74, 6) is 0. The van der Waals surface area contributed by atoms with E-state index >= 15 is 0 Å². The fourth-order valence-corrected chi connectivity index (χ4v) is 3.76. The van der Waals surface area contributed by atoms with Crippen molar-refractivity contribution in [2.75, 3.05) is 0 Å². The predicted octanol–water partition coefficient (Wildman–Crippen LogP) is 4.28. The number of benzene rings is 2. The number of aryl methyl sites for hydroxylation is 2. The number of aliphatic hydroxyl groups is 1. The van der Waals surface area contributed by atoms with Crippen molar-refractivity contribution in [1.82, 2.24) is 14.2 Å². The Bertz CT molecular complexity index is 1230. The van der Waals surface area contributed by atoms with Gasteiger partial charge in [-0.25, -0.2) is 4.52 Å². The molecular formula is C22H20BrN3O2. The maximum absolute atomic E-state index is 12.9. The number of halogens is 1. The van der Waals surface area contributed by atoms with E-state index in [1.165, 1.54) is 4.57 Å². The second-order valence-corrected chi connectivity index (χ2v) is 7.92. The van der Waals surface area contributed by atoms with Crippen molar-refractivity contribution in [2.24, 2.45) is 0 Å². The Morgan fingerprint density at radius 3 is 2.71 bits per heavy atom. The van der Waals surface area contributed by atoms with E-state index in [-0.39, 0.29) is 12.1 Å². The molecule has 1 N–H and O–H groups in total. The van der Waals surface area contributed by atoms with Crippen LogP contribution in [0.15, 0.2) is 70.2 Å². The molecule has 2 heterocycles. The van der Waals surface area contributed by atoms with Crippen LogP contribution in [0.2, 0.25) is 0 Å². The van der Waals surface area contributed by atoms with Gasteiger partial charge in [0.25, 0.3) is 5.56 Å². The molecular weight excluding hydrogens is 418 g/mol. The first-order valence-corrected chi connectivity index (χ1v) is 9.81. The number of aromatic nitrogens is 3. The molecule has 1 atom stereocenters. The summed E-state index contributed by atoms with van der Waals surface area (Å²) in [6.07, 6.45) is 2.66. The van der Waals surface area contributed by atoms with Gasteiger partial charge in [-0.15, -0.1) is 0 Å². The van der Waals surface area contributed by atoms with E-state index in [0.717, 1.165) is 32.4 Å². The Balaban J connectivity index is 1.70. The van der Waals surface area contributed by atoms with Crippen LogP contribution in [0.5, 0.6) is 0 Å². The van der Waals surface area contributed by atoms with Crippen LogP contribution in [-0.2, 0) is 6.54 Å². The Morgan fingerprint density at radius 1 is 1.11 bits per heavy atom. The molecule has 0 saturated heterocycles. The van der Waals surface area contributed by atoms with Crippen LogP contribution < -0.4 is 5.56 Å². The molecule has 0 aliphatic carbocycles. The Morgan fingerprint density at radius 2 is 1.93 bits per heavy atom. The first kappa shape index (κ1) is 18.7. The Hall–Kier alpha value is -2.70. The maximum atomic E-state index is 12.9. The minimum absolute atomic E-state index is 0.180. The van der Waals surface area contributed by atoms with E-state index in [9.17, 15) is 9.90 Å². The van der Waals surface area contributed by atoms with Crippen LogP contribution in [0.1, 0.15) is 22.8 Å². The summed E-state index contributed by atoms with van der Waals surface area (Å²) in [5.41, 5.74) is 4.89. The molecule has 0 spiro atoms. The normalized spacial score (nSPS) is 12.4. The Labute approximate surface area is 171 Å².